The minimum Gasteiger partial charge on any atom is -0.354 e. The maximum atomic E-state index is 5.06. The smallest absolute Gasteiger partial charge is 0.195 e. The lowest BCUT2D eigenvalue weighted by molar-refractivity contribution is 0.428. The molecule has 0 unspecified atom stereocenters. The zero-order valence-electron chi connectivity index (χ0n) is 19.3. The first kappa shape index (κ1) is 21.6. The molecule has 0 saturated heterocycles. The molecule has 2 aromatic carbocycles. The molecule has 0 bridgehead atoms. The van der Waals surface area contributed by atoms with Crippen LogP contribution in [0.15, 0.2) is 65.7 Å². The molecule has 3 aromatic rings. The summed E-state index contributed by atoms with van der Waals surface area (Å²) in [5, 5.41) is 6.60. The molecule has 1 aliphatic heterocycles. The van der Waals surface area contributed by atoms with E-state index in [0.717, 1.165) is 61.1 Å². The normalized spacial score (nSPS) is 16.3. The summed E-state index contributed by atoms with van der Waals surface area (Å²) >= 11 is 0. The predicted octanol–water partition coefficient (Wildman–Crippen LogP) is 5.74. The van der Waals surface area contributed by atoms with Gasteiger partial charge in [0.05, 0.1) is 12.2 Å². The number of aromatic nitrogens is 2. The summed E-state index contributed by atoms with van der Waals surface area (Å²) in [7, 11) is 0. The second-order valence-corrected chi connectivity index (χ2v) is 9.14. The van der Waals surface area contributed by atoms with Crippen LogP contribution in [0.1, 0.15) is 61.5 Å². The predicted molar refractivity (Wildman–Crippen MR) is 136 cm³/mol. The molecule has 0 atom stereocenters. The number of anilines is 1. The Balaban J connectivity index is 1.35. The lowest BCUT2D eigenvalue weighted by atomic mass is 9.88. The number of hydrogen-bond acceptors (Lipinski definition) is 5. The van der Waals surface area contributed by atoms with Gasteiger partial charge in [-0.3, -0.25) is 4.99 Å². The van der Waals surface area contributed by atoms with Crippen LogP contribution in [0.4, 0.5) is 5.69 Å². The highest BCUT2D eigenvalue weighted by molar-refractivity contribution is 5.94. The molecule has 170 valence electrons. The van der Waals surface area contributed by atoms with Crippen LogP contribution in [0.2, 0.25) is 0 Å². The molecule has 33 heavy (non-hydrogen) atoms. The van der Waals surface area contributed by atoms with Gasteiger partial charge in [0, 0.05) is 29.4 Å². The first-order chi connectivity index (χ1) is 16.3. The van der Waals surface area contributed by atoms with Crippen molar-refractivity contribution in [3.8, 4) is 11.3 Å². The third-order valence-electron chi connectivity index (χ3n) is 6.63. The summed E-state index contributed by atoms with van der Waals surface area (Å²) < 4.78 is 0. The number of rotatable bonds is 7. The van der Waals surface area contributed by atoms with Gasteiger partial charge in [-0.15, -0.1) is 0 Å². The molecule has 5 rings (SSSR count). The summed E-state index contributed by atoms with van der Waals surface area (Å²) in [6.07, 6.45) is 9.51. The molecule has 1 aliphatic carbocycles. The Morgan fingerprint density at radius 1 is 0.879 bits per heavy atom. The second-order valence-electron chi connectivity index (χ2n) is 9.14. The van der Waals surface area contributed by atoms with Crippen molar-refractivity contribution in [1.29, 1.82) is 0 Å². The van der Waals surface area contributed by atoms with E-state index in [2.05, 4.69) is 76.3 Å². The molecule has 5 heteroatoms. The van der Waals surface area contributed by atoms with Gasteiger partial charge in [-0.1, -0.05) is 61.7 Å². The molecule has 2 heterocycles. The van der Waals surface area contributed by atoms with Crippen molar-refractivity contribution in [2.45, 2.75) is 57.3 Å². The number of aliphatic imine (C=N–C) groups is 1. The molecule has 2 aliphatic rings. The lowest BCUT2D eigenvalue weighted by Crippen LogP contribution is -2.26. The number of hydrogen-bond donors (Lipinski definition) is 2. The molecule has 0 spiro atoms. The quantitative estimate of drug-likeness (QED) is 0.493. The molecular weight excluding hydrogens is 406 g/mol. The van der Waals surface area contributed by atoms with Crippen LogP contribution in [0.25, 0.3) is 11.3 Å². The van der Waals surface area contributed by atoms with Crippen LogP contribution in [-0.2, 0) is 12.8 Å². The van der Waals surface area contributed by atoms with E-state index in [-0.39, 0.29) is 0 Å². The van der Waals surface area contributed by atoms with Gasteiger partial charge in [0.2, 0.25) is 0 Å². The van der Waals surface area contributed by atoms with Gasteiger partial charge in [-0.25, -0.2) is 9.97 Å². The van der Waals surface area contributed by atoms with Gasteiger partial charge in [-0.2, -0.15) is 0 Å². The third-order valence-corrected chi connectivity index (χ3v) is 6.63. The summed E-state index contributed by atoms with van der Waals surface area (Å²) in [4.78, 5) is 14.5. The Morgan fingerprint density at radius 2 is 1.70 bits per heavy atom. The fraction of sp³-hybridized carbons (Fsp3) is 0.393. The Bertz CT molecular complexity index is 1070. The van der Waals surface area contributed by atoms with Crippen molar-refractivity contribution < 1.29 is 0 Å². The standard InChI is InChI=1S/C28H33N5/c1-3-8-21(9-4-1)10-7-13-25-20-26(33-27(31-25)23-11-5-2-6-12-23)22-14-16-24(17-15-22)32-28-29-18-19-30-28/h1,3-4,8-9,14-17,20,23H,2,5-7,10-13,18-19H2,(H2,29,30,32). The van der Waals surface area contributed by atoms with Gasteiger partial charge >= 0.3 is 0 Å². The Labute approximate surface area is 196 Å². The molecule has 1 aromatic heterocycles. The van der Waals surface area contributed by atoms with E-state index in [1.165, 1.54) is 43.4 Å². The fourth-order valence-corrected chi connectivity index (χ4v) is 4.80. The van der Waals surface area contributed by atoms with Crippen molar-refractivity contribution in [3.63, 3.8) is 0 Å². The maximum Gasteiger partial charge on any atom is 0.195 e. The summed E-state index contributed by atoms with van der Waals surface area (Å²) in [6, 6.07) is 21.4. The van der Waals surface area contributed by atoms with Gasteiger partial charge in [-0.05, 0) is 55.9 Å². The van der Waals surface area contributed by atoms with E-state index in [9.17, 15) is 0 Å². The molecule has 1 saturated carbocycles. The molecule has 0 amide bonds. The topological polar surface area (TPSA) is 62.2 Å². The van der Waals surface area contributed by atoms with Gasteiger partial charge in [0.15, 0.2) is 5.96 Å². The summed E-state index contributed by atoms with van der Waals surface area (Å²) in [5.41, 5.74) is 5.79. The highest BCUT2D eigenvalue weighted by Crippen LogP contribution is 2.32. The number of benzene rings is 2. The van der Waals surface area contributed by atoms with E-state index in [1.807, 2.05) is 0 Å². The summed E-state index contributed by atoms with van der Waals surface area (Å²) in [5.74, 6) is 2.40. The SMILES string of the molecule is c1ccc(CCCc2cc(-c3ccc(NC4=NCCN4)cc3)nc(C3CCCCC3)n2)cc1. The number of nitrogens with one attached hydrogen (secondary N) is 2. The number of guanidine groups is 1. The average molecular weight is 440 g/mol. The van der Waals surface area contributed by atoms with Crippen molar-refractivity contribution in [2.75, 3.05) is 18.4 Å². The maximum absolute atomic E-state index is 5.06. The first-order valence-corrected chi connectivity index (χ1v) is 12.4. The lowest BCUT2D eigenvalue weighted by Gasteiger charge is -2.21. The molecule has 5 nitrogen and oxygen atoms in total. The van der Waals surface area contributed by atoms with E-state index in [1.54, 1.807) is 0 Å². The van der Waals surface area contributed by atoms with Crippen molar-refractivity contribution in [3.05, 3.63) is 77.7 Å². The average Bonchev–Trinajstić information content (AvgIpc) is 3.39. The minimum atomic E-state index is 0.499. The Kier molecular flexibility index (Phi) is 6.95. The Morgan fingerprint density at radius 3 is 2.45 bits per heavy atom. The molecule has 2 N–H and O–H groups in total. The highest BCUT2D eigenvalue weighted by atomic mass is 15.2. The highest BCUT2D eigenvalue weighted by Gasteiger charge is 2.20. The monoisotopic (exact) mass is 439 g/mol. The van der Waals surface area contributed by atoms with E-state index >= 15 is 0 Å². The number of nitrogens with zero attached hydrogens (tertiary/aromatic N) is 3. The minimum absolute atomic E-state index is 0.499. The van der Waals surface area contributed by atoms with E-state index in [4.69, 9.17) is 9.97 Å². The van der Waals surface area contributed by atoms with Crippen molar-refractivity contribution >= 4 is 11.6 Å². The zero-order valence-corrected chi connectivity index (χ0v) is 19.3. The van der Waals surface area contributed by atoms with Crippen LogP contribution in [0.5, 0.6) is 0 Å². The molecule has 0 radical (unpaired) electrons. The van der Waals surface area contributed by atoms with Crippen molar-refractivity contribution in [2.24, 2.45) is 4.99 Å². The fourth-order valence-electron chi connectivity index (χ4n) is 4.80. The summed E-state index contributed by atoms with van der Waals surface area (Å²) in [6.45, 7) is 1.73. The van der Waals surface area contributed by atoms with Crippen LogP contribution in [0, 0.1) is 0 Å². The van der Waals surface area contributed by atoms with Gasteiger partial charge in [0.1, 0.15) is 5.82 Å². The van der Waals surface area contributed by atoms with Gasteiger partial charge < -0.3 is 10.6 Å². The first-order valence-electron chi connectivity index (χ1n) is 12.4. The second kappa shape index (κ2) is 10.6. The Hall–Kier alpha value is -3.21. The largest absolute Gasteiger partial charge is 0.354 e. The van der Waals surface area contributed by atoms with Gasteiger partial charge in [0.25, 0.3) is 0 Å². The van der Waals surface area contributed by atoms with Crippen LogP contribution in [-0.4, -0.2) is 29.0 Å². The van der Waals surface area contributed by atoms with E-state index in [0.29, 0.717) is 5.92 Å². The van der Waals surface area contributed by atoms with Crippen LogP contribution < -0.4 is 10.6 Å². The third kappa shape index (κ3) is 5.78. The number of aryl methyl sites for hydroxylation is 2. The molecular formula is C28H33N5. The van der Waals surface area contributed by atoms with Crippen LogP contribution >= 0.6 is 0 Å². The zero-order chi connectivity index (χ0) is 22.3. The van der Waals surface area contributed by atoms with Crippen LogP contribution in [0.3, 0.4) is 0 Å². The molecule has 1 fully saturated rings. The van der Waals surface area contributed by atoms with E-state index < -0.39 is 0 Å². The van der Waals surface area contributed by atoms with Crippen molar-refractivity contribution in [1.82, 2.24) is 15.3 Å².